The lowest BCUT2D eigenvalue weighted by molar-refractivity contribution is 0.408. The highest BCUT2D eigenvalue weighted by Crippen LogP contribution is 2.23. The highest BCUT2D eigenvalue weighted by atomic mass is 79.9. The summed E-state index contributed by atoms with van der Waals surface area (Å²) in [5.74, 6) is 0.777. The van der Waals surface area contributed by atoms with Crippen LogP contribution in [0.2, 0.25) is 0 Å². The quantitative estimate of drug-likeness (QED) is 0.841. The third-order valence-electron chi connectivity index (χ3n) is 1.61. The molecule has 0 aliphatic heterocycles. The number of nitrogens with two attached hydrogens (primary N) is 1. The van der Waals surface area contributed by atoms with E-state index in [-0.39, 0.29) is 0 Å². The van der Waals surface area contributed by atoms with Gasteiger partial charge in [-0.2, -0.15) is 0 Å². The summed E-state index contributed by atoms with van der Waals surface area (Å²) in [6.07, 6.45) is 0. The molecule has 0 aliphatic rings. The molecule has 2 N–H and O–H groups in total. The number of nitrogens with zero attached hydrogens (tertiary/aromatic N) is 1. The van der Waals surface area contributed by atoms with E-state index in [0.717, 1.165) is 21.6 Å². The molecule has 0 amide bonds. The number of hydrogen-bond donors (Lipinski definition) is 1. The maximum atomic E-state index is 5.48. The van der Waals surface area contributed by atoms with E-state index < -0.39 is 0 Å². The number of aryl methyl sites for hydroxylation is 1. The molecule has 66 valence electrons. The Kier molecular flexibility index (Phi) is 3.05. The molecule has 1 rings (SSSR count). The second-order valence-electron chi connectivity index (χ2n) is 2.41. The van der Waals surface area contributed by atoms with Gasteiger partial charge in [-0.15, -0.1) is 0 Å². The van der Waals surface area contributed by atoms with Crippen molar-refractivity contribution in [2.45, 2.75) is 13.5 Å². The number of methoxy groups -OCH3 is 1. The summed E-state index contributed by atoms with van der Waals surface area (Å²) in [5.41, 5.74) is 7.19. The Morgan fingerprint density at radius 1 is 1.67 bits per heavy atom. The Labute approximate surface area is 80.1 Å². The van der Waals surface area contributed by atoms with Crippen molar-refractivity contribution >= 4 is 15.9 Å². The molecular weight excluding hydrogens is 220 g/mol. The number of ether oxygens (including phenoxy) is 1. The second-order valence-corrected chi connectivity index (χ2v) is 3.26. The Bertz CT molecular complexity index is 259. The fraction of sp³-hybridized carbons (Fsp3) is 0.375. The van der Waals surface area contributed by atoms with Crippen LogP contribution in [0.25, 0.3) is 0 Å². The van der Waals surface area contributed by atoms with E-state index in [0.29, 0.717) is 6.54 Å². The van der Waals surface area contributed by atoms with Gasteiger partial charge in [0.15, 0.2) is 0 Å². The van der Waals surface area contributed by atoms with Crippen molar-refractivity contribution in [2.75, 3.05) is 7.11 Å². The molecule has 0 unspecified atom stereocenters. The first kappa shape index (κ1) is 9.48. The predicted molar refractivity (Wildman–Crippen MR) is 51.1 cm³/mol. The molecule has 12 heavy (non-hydrogen) atoms. The molecule has 3 nitrogen and oxygen atoms in total. The monoisotopic (exact) mass is 230 g/mol. The van der Waals surface area contributed by atoms with Crippen molar-refractivity contribution in [3.05, 3.63) is 21.9 Å². The first-order valence-corrected chi connectivity index (χ1v) is 4.38. The molecule has 0 saturated heterocycles. The molecule has 0 fully saturated rings. The number of aromatic nitrogens is 1. The van der Waals surface area contributed by atoms with Crippen LogP contribution in [0.15, 0.2) is 10.5 Å². The van der Waals surface area contributed by atoms with Crippen molar-refractivity contribution in [2.24, 2.45) is 5.73 Å². The molecule has 1 aromatic heterocycles. The van der Waals surface area contributed by atoms with Crippen LogP contribution < -0.4 is 10.5 Å². The lowest BCUT2D eigenvalue weighted by atomic mass is 10.3. The molecule has 0 aromatic carbocycles. The molecule has 4 heteroatoms. The zero-order chi connectivity index (χ0) is 9.14. The third kappa shape index (κ3) is 1.76. The average molecular weight is 231 g/mol. The molecule has 0 bridgehead atoms. The highest BCUT2D eigenvalue weighted by molar-refractivity contribution is 9.10. The summed E-state index contributed by atoms with van der Waals surface area (Å²) in [6, 6.07) is 1.88. The third-order valence-corrected chi connectivity index (χ3v) is 2.29. The van der Waals surface area contributed by atoms with Crippen molar-refractivity contribution in [3.63, 3.8) is 0 Å². The summed E-state index contributed by atoms with van der Waals surface area (Å²) >= 11 is 3.36. The molecule has 0 atom stereocenters. The predicted octanol–water partition coefficient (Wildman–Crippen LogP) is 1.62. The molecule has 0 aliphatic carbocycles. The van der Waals surface area contributed by atoms with Crippen LogP contribution in [0, 0.1) is 6.92 Å². The van der Waals surface area contributed by atoms with Crippen LogP contribution in [0.1, 0.15) is 11.4 Å². The summed E-state index contributed by atoms with van der Waals surface area (Å²) in [4.78, 5) is 4.27. The standard InChI is InChI=1S/C8H11BrN2O/c1-5-8(12-2)3-6(9)7(4-10)11-5/h3H,4,10H2,1-2H3. The minimum atomic E-state index is 0.436. The lowest BCUT2D eigenvalue weighted by Crippen LogP contribution is -2.03. The van der Waals surface area contributed by atoms with E-state index in [1.807, 2.05) is 13.0 Å². The van der Waals surface area contributed by atoms with Crippen LogP contribution in [0.3, 0.4) is 0 Å². The zero-order valence-corrected chi connectivity index (χ0v) is 8.68. The largest absolute Gasteiger partial charge is 0.495 e. The second kappa shape index (κ2) is 3.87. The number of pyridine rings is 1. The Balaban J connectivity index is 3.16. The maximum absolute atomic E-state index is 5.48. The van der Waals surface area contributed by atoms with Gasteiger partial charge in [0.25, 0.3) is 0 Å². The fourth-order valence-corrected chi connectivity index (χ4v) is 1.42. The van der Waals surface area contributed by atoms with Gasteiger partial charge in [0.1, 0.15) is 5.75 Å². The van der Waals surface area contributed by atoms with Gasteiger partial charge in [0.05, 0.1) is 18.5 Å². The van der Waals surface area contributed by atoms with Gasteiger partial charge in [-0.1, -0.05) is 0 Å². The van der Waals surface area contributed by atoms with E-state index in [1.165, 1.54) is 0 Å². The summed E-state index contributed by atoms with van der Waals surface area (Å²) in [6.45, 7) is 2.33. The zero-order valence-electron chi connectivity index (χ0n) is 7.10. The molecular formula is C8H11BrN2O. The maximum Gasteiger partial charge on any atom is 0.141 e. The van der Waals surface area contributed by atoms with Crippen LogP contribution in [-0.4, -0.2) is 12.1 Å². The average Bonchev–Trinajstić information content (AvgIpc) is 2.08. The number of hydrogen-bond acceptors (Lipinski definition) is 3. The van der Waals surface area contributed by atoms with Gasteiger partial charge in [0, 0.05) is 11.0 Å². The Morgan fingerprint density at radius 3 is 2.83 bits per heavy atom. The Morgan fingerprint density at radius 2 is 2.33 bits per heavy atom. The van der Waals surface area contributed by atoms with Gasteiger partial charge in [-0.05, 0) is 28.9 Å². The van der Waals surface area contributed by atoms with Crippen molar-refractivity contribution in [1.82, 2.24) is 4.98 Å². The Hall–Kier alpha value is -0.610. The van der Waals surface area contributed by atoms with E-state index in [4.69, 9.17) is 10.5 Å². The van der Waals surface area contributed by atoms with Gasteiger partial charge in [-0.25, -0.2) is 0 Å². The van der Waals surface area contributed by atoms with Crippen molar-refractivity contribution in [1.29, 1.82) is 0 Å². The summed E-state index contributed by atoms with van der Waals surface area (Å²) in [7, 11) is 1.62. The summed E-state index contributed by atoms with van der Waals surface area (Å²) in [5, 5.41) is 0. The molecule has 0 saturated carbocycles. The van der Waals surface area contributed by atoms with Gasteiger partial charge in [0.2, 0.25) is 0 Å². The van der Waals surface area contributed by atoms with Gasteiger partial charge >= 0.3 is 0 Å². The van der Waals surface area contributed by atoms with Crippen LogP contribution in [0.5, 0.6) is 5.75 Å². The fourth-order valence-electron chi connectivity index (χ4n) is 0.964. The first-order valence-electron chi connectivity index (χ1n) is 3.59. The van der Waals surface area contributed by atoms with Crippen LogP contribution >= 0.6 is 15.9 Å². The molecule has 1 aromatic rings. The highest BCUT2D eigenvalue weighted by Gasteiger charge is 2.05. The number of halogens is 1. The van der Waals surface area contributed by atoms with Gasteiger partial charge in [-0.3, -0.25) is 4.98 Å². The minimum absolute atomic E-state index is 0.436. The normalized spacial score (nSPS) is 10.0. The van der Waals surface area contributed by atoms with E-state index >= 15 is 0 Å². The van der Waals surface area contributed by atoms with E-state index in [1.54, 1.807) is 7.11 Å². The van der Waals surface area contributed by atoms with Crippen LogP contribution in [0.4, 0.5) is 0 Å². The number of rotatable bonds is 2. The van der Waals surface area contributed by atoms with Gasteiger partial charge < -0.3 is 10.5 Å². The van der Waals surface area contributed by atoms with E-state index in [2.05, 4.69) is 20.9 Å². The lowest BCUT2D eigenvalue weighted by Gasteiger charge is -2.07. The van der Waals surface area contributed by atoms with E-state index in [9.17, 15) is 0 Å². The topological polar surface area (TPSA) is 48.1 Å². The van der Waals surface area contributed by atoms with Crippen molar-refractivity contribution < 1.29 is 4.74 Å². The molecule has 0 spiro atoms. The van der Waals surface area contributed by atoms with Crippen LogP contribution in [-0.2, 0) is 6.54 Å². The SMILES string of the molecule is COc1cc(Br)c(CN)nc1C. The first-order chi connectivity index (χ1) is 5.69. The smallest absolute Gasteiger partial charge is 0.141 e. The van der Waals surface area contributed by atoms with Crippen molar-refractivity contribution in [3.8, 4) is 5.75 Å². The molecule has 1 heterocycles. The molecule has 0 radical (unpaired) electrons. The minimum Gasteiger partial charge on any atom is -0.495 e. The summed E-state index contributed by atoms with van der Waals surface area (Å²) < 4.78 is 5.99.